The van der Waals surface area contributed by atoms with E-state index in [1.807, 2.05) is 0 Å². The summed E-state index contributed by atoms with van der Waals surface area (Å²) in [5.41, 5.74) is 1.84. The van der Waals surface area contributed by atoms with Crippen LogP contribution in [0.25, 0.3) is 0 Å². The zero-order chi connectivity index (χ0) is 14.7. The van der Waals surface area contributed by atoms with Crippen molar-refractivity contribution in [3.63, 3.8) is 0 Å². The lowest BCUT2D eigenvalue weighted by molar-refractivity contribution is -0.133. The fourth-order valence-corrected chi connectivity index (χ4v) is 2.51. The lowest BCUT2D eigenvalue weighted by Gasteiger charge is -2.09. The Kier molecular flexibility index (Phi) is 4.51. The third-order valence-corrected chi connectivity index (χ3v) is 3.78. The number of fused-ring (bicyclic) bond motifs is 1. The van der Waals surface area contributed by atoms with Gasteiger partial charge in [-0.2, -0.15) is 0 Å². The second kappa shape index (κ2) is 6.15. The van der Waals surface area contributed by atoms with Crippen molar-refractivity contribution < 1.29 is 19.5 Å². The van der Waals surface area contributed by atoms with E-state index in [0.29, 0.717) is 16.4 Å². The molecule has 8 heteroatoms. The van der Waals surface area contributed by atoms with E-state index in [1.54, 1.807) is 12.1 Å². The second-order valence-corrected chi connectivity index (χ2v) is 5.54. The van der Waals surface area contributed by atoms with Gasteiger partial charge in [-0.25, -0.2) is 0 Å². The molecular formula is C12H11ClN2O4S. The molecule has 0 aromatic heterocycles. The highest BCUT2D eigenvalue weighted by Gasteiger charge is 2.20. The lowest BCUT2D eigenvalue weighted by Crippen LogP contribution is -2.15. The van der Waals surface area contributed by atoms with Crippen molar-refractivity contribution >= 4 is 52.5 Å². The van der Waals surface area contributed by atoms with E-state index in [-0.39, 0.29) is 29.7 Å². The molecule has 0 bridgehead atoms. The summed E-state index contributed by atoms with van der Waals surface area (Å²) in [6.45, 7) is 0. The summed E-state index contributed by atoms with van der Waals surface area (Å²) in [5, 5.41) is 14.1. The number of carbonyl (C=O) groups is 3. The van der Waals surface area contributed by atoms with Crippen LogP contribution in [-0.2, 0) is 20.8 Å². The first-order chi connectivity index (χ1) is 9.45. The van der Waals surface area contributed by atoms with Gasteiger partial charge >= 0.3 is 5.97 Å². The molecule has 0 fully saturated rings. The zero-order valence-electron chi connectivity index (χ0n) is 10.2. The van der Waals surface area contributed by atoms with Gasteiger partial charge in [0.25, 0.3) is 0 Å². The van der Waals surface area contributed by atoms with Gasteiger partial charge in [-0.15, -0.1) is 11.8 Å². The standard InChI is InChI=1S/C12H11ClN2O4S/c13-7-3-8-6(2-10(16)14-8)1-9(7)15-11(17)4-20-5-12(18)19/h1,3H,2,4-5H2,(H,14,16)(H,15,17)(H,18,19). The van der Waals surface area contributed by atoms with Crippen LogP contribution in [0, 0.1) is 0 Å². The van der Waals surface area contributed by atoms with Crippen LogP contribution in [0.1, 0.15) is 5.56 Å². The number of benzene rings is 1. The molecule has 0 unspecified atom stereocenters. The quantitative estimate of drug-likeness (QED) is 0.767. The molecule has 1 aromatic carbocycles. The first-order valence-corrected chi connectivity index (χ1v) is 7.20. The summed E-state index contributed by atoms with van der Waals surface area (Å²) < 4.78 is 0. The van der Waals surface area contributed by atoms with Gasteiger partial charge in [0.05, 0.1) is 28.6 Å². The maximum absolute atomic E-state index is 11.6. The lowest BCUT2D eigenvalue weighted by atomic mass is 10.1. The Hall–Kier alpha value is -1.73. The Morgan fingerprint density at radius 2 is 2.15 bits per heavy atom. The molecule has 1 aromatic rings. The topological polar surface area (TPSA) is 95.5 Å². The molecule has 6 nitrogen and oxygen atoms in total. The molecular weight excluding hydrogens is 304 g/mol. The van der Waals surface area contributed by atoms with Crippen LogP contribution in [0.5, 0.6) is 0 Å². The molecule has 0 radical (unpaired) electrons. The fraction of sp³-hybridized carbons (Fsp3) is 0.250. The van der Waals surface area contributed by atoms with Crippen LogP contribution >= 0.6 is 23.4 Å². The Bertz CT molecular complexity index is 591. The Morgan fingerprint density at radius 3 is 2.85 bits per heavy atom. The predicted octanol–water partition coefficient (Wildman–Crippen LogP) is 1.59. The van der Waals surface area contributed by atoms with Crippen molar-refractivity contribution in [2.75, 3.05) is 22.1 Å². The van der Waals surface area contributed by atoms with Crippen molar-refractivity contribution in [3.8, 4) is 0 Å². The summed E-state index contributed by atoms with van der Waals surface area (Å²) >= 11 is 7.02. The number of rotatable bonds is 5. The molecule has 106 valence electrons. The van der Waals surface area contributed by atoms with E-state index < -0.39 is 5.97 Å². The molecule has 1 aliphatic rings. The molecule has 2 rings (SSSR count). The predicted molar refractivity (Wildman–Crippen MR) is 77.4 cm³/mol. The third-order valence-electron chi connectivity index (χ3n) is 2.55. The Morgan fingerprint density at radius 1 is 1.40 bits per heavy atom. The summed E-state index contributed by atoms with van der Waals surface area (Å²) in [5.74, 6) is -1.53. The van der Waals surface area contributed by atoms with E-state index in [1.165, 1.54) is 0 Å². The van der Waals surface area contributed by atoms with Gasteiger partial charge < -0.3 is 15.7 Å². The van der Waals surface area contributed by atoms with Crippen molar-refractivity contribution in [3.05, 3.63) is 22.7 Å². The first kappa shape index (κ1) is 14.7. The number of carboxylic acid groups (broad SMARTS) is 1. The Labute approximate surface area is 123 Å². The van der Waals surface area contributed by atoms with Crippen LogP contribution in [0.4, 0.5) is 11.4 Å². The minimum absolute atomic E-state index is 0.0247. The minimum Gasteiger partial charge on any atom is -0.481 e. The maximum Gasteiger partial charge on any atom is 0.313 e. The van der Waals surface area contributed by atoms with Gasteiger partial charge in [-0.05, 0) is 17.7 Å². The SMILES string of the molecule is O=C(O)CSCC(=O)Nc1cc2c(cc1Cl)NC(=O)C2. The molecule has 2 amide bonds. The highest BCUT2D eigenvalue weighted by molar-refractivity contribution is 8.00. The highest BCUT2D eigenvalue weighted by atomic mass is 35.5. The molecule has 1 aliphatic heterocycles. The number of carbonyl (C=O) groups excluding carboxylic acids is 2. The van der Waals surface area contributed by atoms with Crippen LogP contribution in [-0.4, -0.2) is 34.4 Å². The fourth-order valence-electron chi connectivity index (χ4n) is 1.76. The number of halogens is 1. The van der Waals surface area contributed by atoms with E-state index in [2.05, 4.69) is 10.6 Å². The largest absolute Gasteiger partial charge is 0.481 e. The van der Waals surface area contributed by atoms with Crippen LogP contribution < -0.4 is 10.6 Å². The van der Waals surface area contributed by atoms with E-state index in [0.717, 1.165) is 17.3 Å². The minimum atomic E-state index is -0.969. The van der Waals surface area contributed by atoms with Crippen LogP contribution in [0.3, 0.4) is 0 Å². The van der Waals surface area contributed by atoms with E-state index in [4.69, 9.17) is 16.7 Å². The van der Waals surface area contributed by atoms with Gasteiger partial charge in [0.2, 0.25) is 11.8 Å². The van der Waals surface area contributed by atoms with Gasteiger partial charge in [-0.3, -0.25) is 14.4 Å². The number of aliphatic carboxylic acids is 1. The van der Waals surface area contributed by atoms with Gasteiger partial charge in [0.15, 0.2) is 0 Å². The number of nitrogens with one attached hydrogen (secondary N) is 2. The van der Waals surface area contributed by atoms with Crippen molar-refractivity contribution in [2.45, 2.75) is 6.42 Å². The van der Waals surface area contributed by atoms with Crippen molar-refractivity contribution in [1.82, 2.24) is 0 Å². The van der Waals surface area contributed by atoms with Crippen LogP contribution in [0.2, 0.25) is 5.02 Å². The average Bonchev–Trinajstić information content (AvgIpc) is 2.68. The third kappa shape index (κ3) is 3.64. The second-order valence-electron chi connectivity index (χ2n) is 4.15. The van der Waals surface area contributed by atoms with Crippen molar-refractivity contribution in [2.24, 2.45) is 0 Å². The normalized spacial score (nSPS) is 12.8. The maximum atomic E-state index is 11.6. The van der Waals surface area contributed by atoms with E-state index >= 15 is 0 Å². The summed E-state index contributed by atoms with van der Waals surface area (Å²) in [4.78, 5) is 33.2. The number of carboxylic acids is 1. The summed E-state index contributed by atoms with van der Waals surface area (Å²) in [7, 11) is 0. The Balaban J connectivity index is 2.00. The highest BCUT2D eigenvalue weighted by Crippen LogP contribution is 2.32. The number of hydrogen-bond acceptors (Lipinski definition) is 4. The average molecular weight is 315 g/mol. The molecule has 0 saturated heterocycles. The van der Waals surface area contributed by atoms with Crippen LogP contribution in [0.15, 0.2) is 12.1 Å². The molecule has 3 N–H and O–H groups in total. The van der Waals surface area contributed by atoms with Crippen molar-refractivity contribution in [1.29, 1.82) is 0 Å². The molecule has 0 saturated carbocycles. The molecule has 0 spiro atoms. The first-order valence-electron chi connectivity index (χ1n) is 5.67. The molecule has 20 heavy (non-hydrogen) atoms. The summed E-state index contributed by atoms with van der Waals surface area (Å²) in [6, 6.07) is 3.23. The number of amides is 2. The van der Waals surface area contributed by atoms with E-state index in [9.17, 15) is 14.4 Å². The van der Waals surface area contributed by atoms with Gasteiger partial charge in [-0.1, -0.05) is 11.6 Å². The summed E-state index contributed by atoms with van der Waals surface area (Å²) in [6.07, 6.45) is 0.253. The number of thioether (sulfide) groups is 1. The molecule has 1 heterocycles. The monoisotopic (exact) mass is 314 g/mol. The smallest absolute Gasteiger partial charge is 0.313 e. The number of anilines is 2. The van der Waals surface area contributed by atoms with Gasteiger partial charge in [0.1, 0.15) is 0 Å². The number of hydrogen-bond donors (Lipinski definition) is 3. The molecule has 0 aliphatic carbocycles. The zero-order valence-corrected chi connectivity index (χ0v) is 11.8. The molecule has 0 atom stereocenters. The van der Waals surface area contributed by atoms with Gasteiger partial charge in [0, 0.05) is 5.69 Å².